The molecule has 119 heavy (non-hydrogen) atoms. The average Bonchev–Trinajstić information content (AvgIpc) is 0.874. The molecule has 0 aliphatic heterocycles. The summed E-state index contributed by atoms with van der Waals surface area (Å²) < 4.78 is 61.5. The molecule has 1 atom stereocenters. The molecule has 0 saturated heterocycles. The molecule has 0 saturated carbocycles. The minimum Gasteiger partial charge on any atom is -0.466 e. The Hall–Kier alpha value is -14.3. The Morgan fingerprint density at radius 2 is 0.798 bits per heavy atom. The molecule has 17 N–H and O–H groups in total. The van der Waals surface area contributed by atoms with Crippen molar-refractivity contribution < 1.29 is 60.8 Å². The predicted molar refractivity (Wildman–Crippen MR) is 463 cm³/mol. The lowest BCUT2D eigenvalue weighted by atomic mass is 10.0. The van der Waals surface area contributed by atoms with Crippen LogP contribution in [0.4, 0.5) is 107 Å². The summed E-state index contributed by atoms with van der Waals surface area (Å²) in [4.78, 5) is 78.4. The van der Waals surface area contributed by atoms with Gasteiger partial charge in [-0.1, -0.05) is 150 Å². The largest absolute Gasteiger partial charge is 0.466 e. The zero-order valence-electron chi connectivity index (χ0n) is 66.0. The average molecular weight is 1670 g/mol. The van der Waals surface area contributed by atoms with Crippen molar-refractivity contribution in [3.05, 3.63) is 275 Å². The summed E-state index contributed by atoms with van der Waals surface area (Å²) in [6.45, 7) is 13.5. The third-order valence-corrected chi connectivity index (χ3v) is 16.4. The summed E-state index contributed by atoms with van der Waals surface area (Å²) in [5.74, 6) is 4.83. The second kappa shape index (κ2) is 48.2. The molecular weight excluding hydrogens is 1570 g/mol. The van der Waals surface area contributed by atoms with E-state index in [1.54, 1.807) is 112 Å². The monoisotopic (exact) mass is 1660 g/mol. The van der Waals surface area contributed by atoms with E-state index in [0.29, 0.717) is 92.0 Å². The van der Waals surface area contributed by atoms with E-state index in [2.05, 4.69) is 120 Å². The topological polar surface area (TPSA) is 408 Å². The number of carbonyl (C=O) groups is 5. The van der Waals surface area contributed by atoms with Gasteiger partial charge in [0.1, 0.15) is 80.8 Å². The third-order valence-electron chi connectivity index (χ3n) is 16.2. The number of nitrogen functional groups attached to an aromatic ring is 4. The van der Waals surface area contributed by atoms with Crippen molar-refractivity contribution in [2.45, 2.75) is 84.5 Å². The van der Waals surface area contributed by atoms with Crippen molar-refractivity contribution in [1.82, 2.24) is 24.9 Å². The molecule has 5 heterocycles. The van der Waals surface area contributed by atoms with Gasteiger partial charge in [0.15, 0.2) is 6.61 Å². The van der Waals surface area contributed by atoms with Crippen molar-refractivity contribution in [1.29, 1.82) is 0 Å². The van der Waals surface area contributed by atoms with Crippen LogP contribution in [0.1, 0.15) is 79.6 Å². The molecule has 11 aromatic rings. The van der Waals surface area contributed by atoms with Crippen molar-refractivity contribution in [3.8, 4) is 23.5 Å². The van der Waals surface area contributed by atoms with E-state index in [4.69, 9.17) is 71.5 Å². The lowest BCUT2D eigenvalue weighted by Crippen LogP contribution is -2.23. The van der Waals surface area contributed by atoms with Gasteiger partial charge in [-0.05, 0) is 183 Å². The van der Waals surface area contributed by atoms with Gasteiger partial charge in [-0.15, -0.1) is 6.42 Å². The molecule has 6 aromatic carbocycles. The normalized spacial score (nSPS) is 10.6. The summed E-state index contributed by atoms with van der Waals surface area (Å²) in [5, 5.41) is 25.8. The quantitative estimate of drug-likeness (QED) is 0.00937. The maximum atomic E-state index is 12.9. The SMILES string of the molecule is C#CCOC(=O)Nc1ccc(NCc2ccc(F)cc2)nc1N.CC(Cl)(Cl)COC(=O)Nc1ccc(NCc2ccc(F)cc2)nc1N.CCOC(=O)Cc1cnc(NCc2ccc(F)cc2)cc1C.CCOC(=O)Nc1ccc(NC(C)c2ccccc2)nc1N.CCOC(=O)Nc1ccc(NCc2ccc(-c3ccccc3)cc2)nc1N. The molecular formula is C86H93Cl2F3N18O10. The molecule has 11 rings (SSSR count). The first kappa shape index (κ1) is 91.9. The van der Waals surface area contributed by atoms with Crippen LogP contribution < -0.4 is 70.8 Å². The molecule has 5 aromatic heterocycles. The summed E-state index contributed by atoms with van der Waals surface area (Å²) in [5.41, 5.74) is 34.0. The van der Waals surface area contributed by atoms with Gasteiger partial charge in [0, 0.05) is 38.4 Å². The van der Waals surface area contributed by atoms with E-state index in [-0.39, 0.29) is 72.4 Å². The first-order valence-corrected chi connectivity index (χ1v) is 37.8. The van der Waals surface area contributed by atoms with E-state index in [0.717, 1.165) is 44.8 Å². The highest BCUT2D eigenvalue weighted by Crippen LogP contribution is 2.28. The molecule has 4 amide bonds. The van der Waals surface area contributed by atoms with Crippen molar-refractivity contribution in [2.75, 3.05) is 104 Å². The van der Waals surface area contributed by atoms with Gasteiger partial charge in [-0.2, -0.15) is 0 Å². The first-order chi connectivity index (χ1) is 57.1. The van der Waals surface area contributed by atoms with Crippen LogP contribution in [0.2, 0.25) is 0 Å². The van der Waals surface area contributed by atoms with Gasteiger partial charge in [0.25, 0.3) is 0 Å². The molecule has 622 valence electrons. The van der Waals surface area contributed by atoms with Gasteiger partial charge in [-0.3, -0.25) is 26.1 Å². The number of aromatic nitrogens is 5. The molecule has 0 fully saturated rings. The highest BCUT2D eigenvalue weighted by Gasteiger charge is 2.20. The number of nitrogens with zero attached hydrogens (tertiary/aromatic N) is 5. The Labute approximate surface area is 697 Å². The van der Waals surface area contributed by atoms with Crippen LogP contribution in [0.25, 0.3) is 11.1 Å². The van der Waals surface area contributed by atoms with Crippen molar-refractivity contribution >= 4 is 129 Å². The molecule has 0 aliphatic rings. The van der Waals surface area contributed by atoms with Gasteiger partial charge >= 0.3 is 30.3 Å². The smallest absolute Gasteiger partial charge is 0.412 e. The number of ether oxygens (including phenoxy) is 5. The molecule has 0 radical (unpaired) electrons. The Bertz CT molecular complexity index is 5110. The number of carbonyl (C=O) groups excluding carboxylic acids is 5. The fourth-order valence-corrected chi connectivity index (χ4v) is 10.3. The summed E-state index contributed by atoms with van der Waals surface area (Å²) in [7, 11) is 0. The Kier molecular flexibility index (Phi) is 37.2. The summed E-state index contributed by atoms with van der Waals surface area (Å²) in [6, 6.07) is 62.5. The number of aryl methyl sites for hydroxylation is 1. The van der Waals surface area contributed by atoms with Crippen LogP contribution in [-0.2, 0) is 61.1 Å². The third kappa shape index (κ3) is 34.0. The van der Waals surface area contributed by atoms with E-state index >= 15 is 0 Å². The number of halogens is 5. The summed E-state index contributed by atoms with van der Waals surface area (Å²) in [6.07, 6.45) is 4.35. The standard InChI is InChI=1S/C21H22N4O2.C17H19FN2O2.C16H17Cl2FN4O2.C16H15FN4O2.C16H20N4O2/c1-2-27-21(26)24-18-12-13-19(25-20(18)22)23-14-15-8-10-17(11-9-15)16-6-4-3-5-7-16;1-3-22-17(21)9-14-11-20-16(8-12(14)2)19-10-13-4-6-15(18)7-5-13;1-16(17,18)9-25-15(24)22-12-6-7-13(23-14(12)20)21-8-10-2-4-11(19)5-3-10;1-2-9-23-16(22)20-13-7-8-14(21-15(13)18)19-10-11-3-5-12(17)6-4-11;1-3-22-16(21)19-13-9-10-14(20-15(13)17)18-11(2)12-7-5-4-6-8-12/h3-13H,2,14H2,1H3,(H,24,26)(H3,22,23,25);4-8,11H,3,9-10H2,1-2H3,(H,19,20);2-7H,8-9H2,1H3,(H,22,24)(H3,20,21,23);1,3-8H,9-10H2,(H,20,22)(H3,18,19,21);4-11H,3H2,1-2H3,(H,19,21)(H3,17,18,20). The molecule has 33 heteroatoms. The molecule has 0 bridgehead atoms. The first-order valence-electron chi connectivity index (χ1n) is 37.0. The number of hydrogen-bond acceptors (Lipinski definition) is 24. The number of nitrogens with one attached hydrogen (secondary N) is 9. The number of hydrogen-bond donors (Lipinski definition) is 13. The number of esters is 1. The van der Waals surface area contributed by atoms with E-state index in [1.807, 2.05) is 68.4 Å². The fraction of sp³-hybridized carbons (Fsp3) is 0.209. The number of benzene rings is 6. The maximum Gasteiger partial charge on any atom is 0.412 e. The highest BCUT2D eigenvalue weighted by atomic mass is 35.5. The van der Waals surface area contributed by atoms with Gasteiger partial charge < -0.3 is 73.2 Å². The molecule has 0 aliphatic carbocycles. The highest BCUT2D eigenvalue weighted by molar-refractivity contribution is 6.48. The van der Waals surface area contributed by atoms with E-state index < -0.39 is 28.7 Å². The van der Waals surface area contributed by atoms with Crippen LogP contribution in [-0.4, -0.2) is 92.6 Å². The number of pyridine rings is 5. The van der Waals surface area contributed by atoms with E-state index in [1.165, 1.54) is 54.4 Å². The fourth-order valence-electron chi connectivity index (χ4n) is 10.1. The molecule has 0 spiro atoms. The van der Waals surface area contributed by atoms with Crippen LogP contribution in [0.15, 0.2) is 219 Å². The number of alkyl halides is 2. The number of anilines is 13. The van der Waals surface area contributed by atoms with Crippen LogP contribution in [0.5, 0.6) is 0 Å². The van der Waals surface area contributed by atoms with Crippen molar-refractivity contribution in [2.24, 2.45) is 0 Å². The van der Waals surface area contributed by atoms with Crippen molar-refractivity contribution in [3.63, 3.8) is 0 Å². The maximum absolute atomic E-state index is 12.9. The Morgan fingerprint density at radius 3 is 1.17 bits per heavy atom. The lowest BCUT2D eigenvalue weighted by Gasteiger charge is -2.16. The number of nitrogens with two attached hydrogens (primary N) is 4. The van der Waals surface area contributed by atoms with Gasteiger partial charge in [-0.25, -0.2) is 57.3 Å². The zero-order valence-corrected chi connectivity index (χ0v) is 67.5. The molecule has 1 unspecified atom stereocenters. The molecule has 28 nitrogen and oxygen atoms in total. The van der Waals surface area contributed by atoms with Gasteiger partial charge in [0.05, 0.1) is 49.0 Å². The minimum absolute atomic E-state index is 0.0944. The Morgan fingerprint density at radius 1 is 0.454 bits per heavy atom. The second-order valence-electron chi connectivity index (χ2n) is 25.5. The number of amides is 4. The number of terminal acetylenes is 1. The van der Waals surface area contributed by atoms with Gasteiger partial charge in [0.2, 0.25) is 0 Å². The van der Waals surface area contributed by atoms with E-state index in [9.17, 15) is 37.1 Å². The predicted octanol–water partition coefficient (Wildman–Crippen LogP) is 17.9. The summed E-state index contributed by atoms with van der Waals surface area (Å²) >= 11 is 11.4. The van der Waals surface area contributed by atoms with Crippen LogP contribution in [0, 0.1) is 36.7 Å². The van der Waals surface area contributed by atoms with Crippen LogP contribution in [0.3, 0.4) is 0 Å². The number of rotatable bonds is 28. The second-order valence-corrected chi connectivity index (χ2v) is 27.4. The van der Waals surface area contributed by atoms with Crippen LogP contribution >= 0.6 is 23.2 Å². The Balaban J connectivity index is 0.000000206. The minimum atomic E-state index is -1.17. The zero-order chi connectivity index (χ0) is 86.1. The lowest BCUT2D eigenvalue weighted by molar-refractivity contribution is -0.142.